The van der Waals surface area contributed by atoms with Crippen molar-refractivity contribution in [2.24, 2.45) is 10.9 Å². The summed E-state index contributed by atoms with van der Waals surface area (Å²) in [4.78, 5) is 29.8. The number of benzene rings is 1. The van der Waals surface area contributed by atoms with Crippen molar-refractivity contribution in [3.63, 3.8) is 0 Å². The van der Waals surface area contributed by atoms with Crippen LogP contribution in [0.15, 0.2) is 38.8 Å². The van der Waals surface area contributed by atoms with E-state index in [1.54, 1.807) is 24.3 Å². The fourth-order valence-electron chi connectivity index (χ4n) is 3.47. The third kappa shape index (κ3) is 6.22. The number of aromatic nitrogens is 1. The number of carbonyl (C=O) groups is 2. The summed E-state index contributed by atoms with van der Waals surface area (Å²) in [5.41, 5.74) is 7.58. The van der Waals surface area contributed by atoms with Crippen LogP contribution in [0.5, 0.6) is 0 Å². The molecule has 0 bridgehead atoms. The normalized spacial score (nSPS) is 16.2. The van der Waals surface area contributed by atoms with Gasteiger partial charge in [-0.2, -0.15) is 4.72 Å². The molecule has 1 aliphatic rings. The van der Waals surface area contributed by atoms with Crippen LogP contribution < -0.4 is 15.8 Å². The molecular formula is C21H26N6O7S. The third-order valence-corrected chi connectivity index (χ3v) is 6.91. The second kappa shape index (κ2) is 10.7. The van der Waals surface area contributed by atoms with E-state index < -0.39 is 34.0 Å². The minimum Gasteiger partial charge on any atom is -0.468 e. The lowest BCUT2D eigenvalue weighted by Gasteiger charge is -2.17. The number of hydrogen-bond donors (Lipinski definition) is 4. The number of ether oxygens (including phenoxy) is 1. The van der Waals surface area contributed by atoms with Gasteiger partial charge in [-0.3, -0.25) is 15.0 Å². The monoisotopic (exact) mass is 506 g/mol. The summed E-state index contributed by atoms with van der Waals surface area (Å²) in [6.07, 6.45) is -0.234. The lowest BCUT2D eigenvalue weighted by molar-refractivity contribution is -0.142. The van der Waals surface area contributed by atoms with E-state index in [2.05, 4.69) is 25.1 Å². The third-order valence-electron chi connectivity index (χ3n) is 5.20. The number of nitrogens with two attached hydrogens (primary N) is 1. The molecule has 2 aromatic rings. The number of oxime groups is 1. The Bertz CT molecular complexity index is 1230. The maximum atomic E-state index is 12.7. The first kappa shape index (κ1) is 25.8. The van der Waals surface area contributed by atoms with E-state index in [1.165, 1.54) is 13.8 Å². The van der Waals surface area contributed by atoms with Crippen molar-refractivity contribution in [2.45, 2.75) is 43.7 Å². The van der Waals surface area contributed by atoms with E-state index in [9.17, 15) is 18.0 Å². The molecule has 2 heterocycles. The molecule has 0 saturated heterocycles. The molecule has 1 amide bonds. The van der Waals surface area contributed by atoms with Crippen LogP contribution >= 0.6 is 0 Å². The van der Waals surface area contributed by atoms with E-state index in [1.807, 2.05) is 0 Å². The largest absolute Gasteiger partial charge is 0.468 e. The fourth-order valence-corrected chi connectivity index (χ4v) is 4.98. The number of rotatable bonds is 10. The van der Waals surface area contributed by atoms with E-state index in [-0.39, 0.29) is 35.2 Å². The van der Waals surface area contributed by atoms with Crippen LogP contribution in [-0.4, -0.2) is 62.8 Å². The number of methoxy groups -OCH3 is 1. The molecule has 5 N–H and O–H groups in total. The maximum absolute atomic E-state index is 12.7. The van der Waals surface area contributed by atoms with Gasteiger partial charge in [-0.1, -0.05) is 34.6 Å². The molecule has 13 nitrogen and oxygen atoms in total. The van der Waals surface area contributed by atoms with Crippen LogP contribution in [0.4, 0.5) is 0 Å². The van der Waals surface area contributed by atoms with Gasteiger partial charge in [0.1, 0.15) is 28.6 Å². The SMILES string of the molecule is COC(=O)[C@@H](CNC(=O)C[C@H]1CC(c2ccc(C(=N)N)cc2)=NO1)NS(=O)(=O)c1c(C)noc1C. The van der Waals surface area contributed by atoms with Gasteiger partial charge in [-0.15, -0.1) is 0 Å². The first-order chi connectivity index (χ1) is 16.5. The molecule has 0 aliphatic carbocycles. The van der Waals surface area contributed by atoms with Crippen LogP contribution in [-0.2, 0) is 29.2 Å². The zero-order chi connectivity index (χ0) is 25.8. The molecule has 0 saturated carbocycles. The van der Waals surface area contributed by atoms with Crippen molar-refractivity contribution >= 4 is 33.4 Å². The van der Waals surface area contributed by atoms with Gasteiger partial charge in [0.15, 0.2) is 5.76 Å². The van der Waals surface area contributed by atoms with Crippen molar-refractivity contribution in [2.75, 3.05) is 13.7 Å². The van der Waals surface area contributed by atoms with E-state index in [0.717, 1.165) is 12.7 Å². The van der Waals surface area contributed by atoms with Gasteiger partial charge in [0.05, 0.1) is 19.2 Å². The molecule has 1 aromatic carbocycles. The molecule has 0 spiro atoms. The minimum absolute atomic E-state index is 0.0463. The highest BCUT2D eigenvalue weighted by atomic mass is 32.2. The number of aryl methyl sites for hydroxylation is 2. The molecule has 0 fully saturated rings. The number of nitrogens with one attached hydrogen (secondary N) is 3. The number of carbonyl (C=O) groups excluding carboxylic acids is 2. The van der Waals surface area contributed by atoms with Crippen LogP contribution in [0.25, 0.3) is 0 Å². The topological polar surface area (TPSA) is 199 Å². The zero-order valence-electron chi connectivity index (χ0n) is 19.3. The fraction of sp³-hybridized carbons (Fsp3) is 0.381. The second-order valence-corrected chi connectivity index (χ2v) is 9.47. The Balaban J connectivity index is 1.56. The highest BCUT2D eigenvalue weighted by molar-refractivity contribution is 7.89. The Kier molecular flexibility index (Phi) is 7.86. The van der Waals surface area contributed by atoms with Crippen LogP contribution in [0.3, 0.4) is 0 Å². The molecule has 188 valence electrons. The molecule has 2 atom stereocenters. The van der Waals surface area contributed by atoms with Gasteiger partial charge in [-0.05, 0) is 19.4 Å². The summed E-state index contributed by atoms with van der Waals surface area (Å²) in [7, 11) is -3.07. The van der Waals surface area contributed by atoms with Gasteiger partial charge in [0.2, 0.25) is 15.9 Å². The molecule has 14 heteroatoms. The lowest BCUT2D eigenvalue weighted by Crippen LogP contribution is -2.49. The number of esters is 1. The highest BCUT2D eigenvalue weighted by Gasteiger charge is 2.32. The quantitative estimate of drug-likeness (QED) is 0.196. The Morgan fingerprint density at radius 1 is 1.29 bits per heavy atom. The van der Waals surface area contributed by atoms with Gasteiger partial charge in [0, 0.05) is 18.5 Å². The number of amidine groups is 1. The van der Waals surface area contributed by atoms with E-state index in [0.29, 0.717) is 17.7 Å². The average molecular weight is 507 g/mol. The van der Waals surface area contributed by atoms with Gasteiger partial charge >= 0.3 is 5.97 Å². The predicted molar refractivity (Wildman–Crippen MR) is 123 cm³/mol. The van der Waals surface area contributed by atoms with Crippen molar-refractivity contribution in [1.29, 1.82) is 5.41 Å². The minimum atomic E-state index is -4.17. The molecule has 1 aliphatic heterocycles. The van der Waals surface area contributed by atoms with Crippen molar-refractivity contribution in [3.8, 4) is 0 Å². The Hall–Kier alpha value is -3.78. The maximum Gasteiger partial charge on any atom is 0.325 e. The van der Waals surface area contributed by atoms with Crippen LogP contribution in [0.1, 0.15) is 35.4 Å². The smallest absolute Gasteiger partial charge is 0.325 e. The molecule has 0 radical (unpaired) electrons. The standard InChI is InChI=1S/C21H26N6O7S/c1-11-19(12(2)33-25-11)35(30,31)27-17(21(29)32-3)10-24-18(28)9-15-8-16(26-34-15)13-4-6-14(7-5-13)20(22)23/h4-7,15,17,27H,8-10H2,1-3H3,(H3,22,23)(H,24,28)/t15-,17-/m1/s1. The molecule has 3 rings (SSSR count). The number of hydrogen-bond acceptors (Lipinski definition) is 10. The van der Waals surface area contributed by atoms with Gasteiger partial charge < -0.3 is 25.1 Å². The van der Waals surface area contributed by atoms with E-state index in [4.69, 9.17) is 20.5 Å². The summed E-state index contributed by atoms with van der Waals surface area (Å²) >= 11 is 0. The Morgan fingerprint density at radius 2 is 1.97 bits per heavy atom. The number of amides is 1. The molecule has 1 aromatic heterocycles. The van der Waals surface area contributed by atoms with Gasteiger partial charge in [-0.25, -0.2) is 8.42 Å². The van der Waals surface area contributed by atoms with Gasteiger partial charge in [0.25, 0.3) is 0 Å². The van der Waals surface area contributed by atoms with Crippen LogP contribution in [0.2, 0.25) is 0 Å². The Labute approximate surface area is 201 Å². The van der Waals surface area contributed by atoms with Crippen molar-refractivity contribution in [1.82, 2.24) is 15.2 Å². The van der Waals surface area contributed by atoms with Crippen LogP contribution in [0, 0.1) is 19.3 Å². The summed E-state index contributed by atoms with van der Waals surface area (Å²) in [6.45, 7) is 2.54. The zero-order valence-corrected chi connectivity index (χ0v) is 20.1. The molecular weight excluding hydrogens is 480 g/mol. The second-order valence-electron chi connectivity index (χ2n) is 7.82. The first-order valence-electron chi connectivity index (χ1n) is 10.5. The summed E-state index contributed by atoms with van der Waals surface area (Å²) in [5.74, 6) is -1.33. The molecule has 35 heavy (non-hydrogen) atoms. The Morgan fingerprint density at radius 3 is 2.54 bits per heavy atom. The van der Waals surface area contributed by atoms with Crippen molar-refractivity contribution in [3.05, 3.63) is 46.8 Å². The summed E-state index contributed by atoms with van der Waals surface area (Å²) < 4.78 is 37.2. The average Bonchev–Trinajstić information content (AvgIpc) is 3.42. The van der Waals surface area contributed by atoms with Crippen molar-refractivity contribution < 1.29 is 32.1 Å². The lowest BCUT2D eigenvalue weighted by atomic mass is 10.0. The number of nitrogen functional groups attached to an aromatic ring is 1. The van der Waals surface area contributed by atoms with E-state index >= 15 is 0 Å². The highest BCUT2D eigenvalue weighted by Crippen LogP contribution is 2.20. The first-order valence-corrected chi connectivity index (χ1v) is 12.0. The summed E-state index contributed by atoms with van der Waals surface area (Å²) in [6, 6.07) is 5.52. The predicted octanol–water partition coefficient (Wildman–Crippen LogP) is 0.0949. The number of nitrogens with zero attached hydrogens (tertiary/aromatic N) is 2. The molecule has 0 unspecified atom stereocenters. The summed E-state index contributed by atoms with van der Waals surface area (Å²) in [5, 5.41) is 17.6. The number of sulfonamides is 1.